The van der Waals surface area contributed by atoms with E-state index in [4.69, 9.17) is 22.4 Å². The second kappa shape index (κ2) is 2.95. The Kier molecular flexibility index (Phi) is 2.19. The lowest BCUT2D eigenvalue weighted by atomic mass is 9.88. The largest absolute Gasteiger partial charge is 0.449 e. The van der Waals surface area contributed by atoms with Crippen LogP contribution in [-0.2, 0) is 0 Å². The average Bonchev–Trinajstić information content (AvgIpc) is 1.94. The summed E-state index contributed by atoms with van der Waals surface area (Å²) in [5, 5.41) is 9.26. The van der Waals surface area contributed by atoms with E-state index < -0.39 is 0 Å². The lowest BCUT2D eigenvalue weighted by Crippen LogP contribution is -2.15. The van der Waals surface area contributed by atoms with E-state index in [-0.39, 0.29) is 7.48 Å². The van der Waals surface area contributed by atoms with Crippen molar-refractivity contribution in [2.75, 3.05) is 5.73 Å². The van der Waals surface area contributed by atoms with Crippen molar-refractivity contribution >= 4 is 30.2 Å². The Hall–Kier alpha value is -0.665. The molecule has 0 spiro atoms. The monoisotopic (exact) mass is 155 g/mol. The fourth-order valence-corrected chi connectivity index (χ4v) is 0.893. The highest BCUT2D eigenvalue weighted by Crippen LogP contribution is 2.07. The number of rotatable bonds is 1. The van der Waals surface area contributed by atoms with E-state index in [1.807, 2.05) is 0 Å². The van der Waals surface area contributed by atoms with E-state index in [9.17, 15) is 0 Å². The van der Waals surface area contributed by atoms with Gasteiger partial charge < -0.3 is 10.8 Å². The SMILES string of the molecule is Nc1ccc(Cl)c(BO)c1. The van der Waals surface area contributed by atoms with Crippen LogP contribution in [0.4, 0.5) is 5.69 Å². The molecule has 0 aliphatic heterocycles. The molecular formula is C6H7BClNO. The van der Waals surface area contributed by atoms with Crippen LogP contribution < -0.4 is 11.2 Å². The fourth-order valence-electron chi connectivity index (χ4n) is 0.716. The summed E-state index contributed by atoms with van der Waals surface area (Å²) in [5.41, 5.74) is 6.72. The number of anilines is 1. The highest BCUT2D eigenvalue weighted by molar-refractivity contribution is 6.52. The highest BCUT2D eigenvalue weighted by atomic mass is 35.5. The summed E-state index contributed by atoms with van der Waals surface area (Å²) < 4.78 is 0. The Labute approximate surface area is 64.9 Å². The molecule has 1 aromatic carbocycles. The van der Waals surface area contributed by atoms with Crippen LogP contribution in [0.5, 0.6) is 0 Å². The third kappa shape index (κ3) is 1.43. The highest BCUT2D eigenvalue weighted by Gasteiger charge is 1.99. The smallest absolute Gasteiger partial charge is 0.306 e. The Morgan fingerprint density at radius 3 is 2.70 bits per heavy atom. The molecule has 0 fully saturated rings. The normalized spacial score (nSPS) is 9.40. The number of hydrogen-bond donors (Lipinski definition) is 2. The predicted molar refractivity (Wildman–Crippen MR) is 44.9 cm³/mol. The molecule has 1 rings (SSSR count). The van der Waals surface area contributed by atoms with Gasteiger partial charge in [-0.3, -0.25) is 0 Å². The topological polar surface area (TPSA) is 46.2 Å². The molecule has 3 N–H and O–H groups in total. The van der Waals surface area contributed by atoms with Gasteiger partial charge in [0.2, 0.25) is 0 Å². The second-order valence-corrected chi connectivity index (χ2v) is 2.42. The molecule has 52 valence electrons. The van der Waals surface area contributed by atoms with Crippen LogP contribution in [0.15, 0.2) is 18.2 Å². The summed E-state index contributed by atoms with van der Waals surface area (Å²) in [6, 6.07) is 5.02. The molecule has 0 radical (unpaired) electrons. The van der Waals surface area contributed by atoms with Crippen molar-refractivity contribution in [1.82, 2.24) is 0 Å². The molecule has 1 aromatic rings. The van der Waals surface area contributed by atoms with Crippen molar-refractivity contribution in [1.29, 1.82) is 0 Å². The van der Waals surface area contributed by atoms with Crippen LogP contribution in [-0.4, -0.2) is 12.5 Å². The third-order valence-electron chi connectivity index (χ3n) is 1.24. The van der Waals surface area contributed by atoms with Gasteiger partial charge in [-0.05, 0) is 23.7 Å². The Bertz CT molecular complexity index is 241. The van der Waals surface area contributed by atoms with Crippen molar-refractivity contribution < 1.29 is 5.02 Å². The summed E-state index contributed by atoms with van der Waals surface area (Å²) >= 11 is 5.68. The summed E-state index contributed by atoms with van der Waals surface area (Å²) in [4.78, 5) is 0. The number of halogens is 1. The fraction of sp³-hybridized carbons (Fsp3) is 0. The first-order valence-corrected chi connectivity index (χ1v) is 3.26. The summed E-state index contributed by atoms with van der Waals surface area (Å²) in [7, 11) is -0.0656. The molecule has 0 heterocycles. The quantitative estimate of drug-likeness (QED) is 0.439. The molecule has 0 saturated heterocycles. The minimum absolute atomic E-state index is 0.0656. The predicted octanol–water partition coefficient (Wildman–Crippen LogP) is -0.109. The second-order valence-electron chi connectivity index (χ2n) is 2.01. The van der Waals surface area contributed by atoms with E-state index in [0.29, 0.717) is 16.2 Å². The Morgan fingerprint density at radius 2 is 2.20 bits per heavy atom. The van der Waals surface area contributed by atoms with E-state index in [1.54, 1.807) is 18.2 Å². The molecule has 0 unspecified atom stereocenters. The first kappa shape index (κ1) is 7.44. The molecule has 0 amide bonds. The van der Waals surface area contributed by atoms with E-state index in [0.717, 1.165) is 0 Å². The van der Waals surface area contributed by atoms with Crippen LogP contribution >= 0.6 is 11.6 Å². The van der Waals surface area contributed by atoms with E-state index >= 15 is 0 Å². The van der Waals surface area contributed by atoms with Crippen molar-refractivity contribution in [3.05, 3.63) is 23.2 Å². The average molecular weight is 155 g/mol. The van der Waals surface area contributed by atoms with Crippen LogP contribution in [0.1, 0.15) is 0 Å². The zero-order chi connectivity index (χ0) is 7.56. The zero-order valence-corrected chi connectivity index (χ0v) is 6.10. The maximum Gasteiger partial charge on any atom is 0.306 e. The maximum absolute atomic E-state index is 8.70. The van der Waals surface area contributed by atoms with Gasteiger partial charge in [0.25, 0.3) is 0 Å². The number of benzene rings is 1. The molecule has 0 bridgehead atoms. The van der Waals surface area contributed by atoms with Crippen LogP contribution in [0.25, 0.3) is 0 Å². The summed E-state index contributed by atoms with van der Waals surface area (Å²) in [6.45, 7) is 0. The summed E-state index contributed by atoms with van der Waals surface area (Å²) in [5.74, 6) is 0. The summed E-state index contributed by atoms with van der Waals surface area (Å²) in [6.07, 6.45) is 0. The Balaban J connectivity index is 3.09. The molecule has 4 heteroatoms. The maximum atomic E-state index is 8.70. The van der Waals surface area contributed by atoms with Gasteiger partial charge >= 0.3 is 7.48 Å². The van der Waals surface area contributed by atoms with Gasteiger partial charge in [0.15, 0.2) is 0 Å². The molecule has 0 atom stereocenters. The first-order chi connectivity index (χ1) is 4.74. The molecular weight excluding hydrogens is 148 g/mol. The third-order valence-corrected chi connectivity index (χ3v) is 1.61. The Morgan fingerprint density at radius 1 is 1.50 bits per heavy atom. The zero-order valence-electron chi connectivity index (χ0n) is 5.34. The van der Waals surface area contributed by atoms with Crippen molar-refractivity contribution in [2.45, 2.75) is 0 Å². The van der Waals surface area contributed by atoms with Crippen molar-refractivity contribution in [2.24, 2.45) is 0 Å². The standard InChI is InChI=1S/C6H7BClNO/c8-6-2-1-4(9)3-5(6)7-10/h1-3,7,10H,9H2. The van der Waals surface area contributed by atoms with Crippen LogP contribution in [0.3, 0.4) is 0 Å². The van der Waals surface area contributed by atoms with Crippen LogP contribution in [0, 0.1) is 0 Å². The van der Waals surface area contributed by atoms with Gasteiger partial charge in [-0.2, -0.15) is 0 Å². The minimum Gasteiger partial charge on any atom is -0.449 e. The van der Waals surface area contributed by atoms with Gasteiger partial charge in [0.05, 0.1) is 0 Å². The molecule has 0 aliphatic rings. The molecule has 0 aromatic heterocycles. The van der Waals surface area contributed by atoms with Gasteiger partial charge in [-0.1, -0.05) is 11.6 Å². The number of nitrogen functional groups attached to an aromatic ring is 1. The van der Waals surface area contributed by atoms with Crippen molar-refractivity contribution in [3.63, 3.8) is 0 Å². The van der Waals surface area contributed by atoms with E-state index in [1.165, 1.54) is 0 Å². The molecule has 0 saturated carbocycles. The number of nitrogens with two attached hydrogens (primary N) is 1. The minimum atomic E-state index is -0.0656. The molecule has 10 heavy (non-hydrogen) atoms. The van der Waals surface area contributed by atoms with Gasteiger partial charge in [-0.25, -0.2) is 0 Å². The first-order valence-electron chi connectivity index (χ1n) is 2.89. The molecule has 0 aliphatic carbocycles. The van der Waals surface area contributed by atoms with Crippen LogP contribution in [0.2, 0.25) is 5.02 Å². The van der Waals surface area contributed by atoms with Gasteiger partial charge in [0, 0.05) is 10.7 Å². The lowest BCUT2D eigenvalue weighted by Gasteiger charge is -1.98. The molecule has 2 nitrogen and oxygen atoms in total. The van der Waals surface area contributed by atoms with Gasteiger partial charge in [0.1, 0.15) is 0 Å². The van der Waals surface area contributed by atoms with Crippen molar-refractivity contribution in [3.8, 4) is 0 Å². The number of hydrogen-bond acceptors (Lipinski definition) is 2. The lowest BCUT2D eigenvalue weighted by molar-refractivity contribution is 0.615. The van der Waals surface area contributed by atoms with Gasteiger partial charge in [-0.15, -0.1) is 0 Å². The van der Waals surface area contributed by atoms with E-state index in [2.05, 4.69) is 0 Å².